The molecular weight excluding hydrogens is 240 g/mol. The smallest absolute Gasteiger partial charge is 0.0331 e. The Morgan fingerprint density at radius 2 is 1.89 bits per heavy atom. The zero-order chi connectivity index (χ0) is 12.4. The highest BCUT2D eigenvalue weighted by Gasteiger charge is 2.33. The predicted molar refractivity (Wildman–Crippen MR) is 77.6 cm³/mol. The Kier molecular flexibility index (Phi) is 4.02. The van der Waals surface area contributed by atoms with Gasteiger partial charge in [0.15, 0.2) is 0 Å². The molecule has 2 N–H and O–H groups in total. The first-order chi connectivity index (χ1) is 8.86. The molecule has 2 fully saturated rings. The number of thiophene rings is 1. The third-order valence-electron chi connectivity index (χ3n) is 4.64. The zero-order valence-electron chi connectivity index (χ0n) is 11.1. The highest BCUT2D eigenvalue weighted by Crippen LogP contribution is 2.36. The largest absolute Gasteiger partial charge is 0.326 e. The van der Waals surface area contributed by atoms with Crippen LogP contribution in [0.15, 0.2) is 12.1 Å². The number of hydrogen-bond acceptors (Lipinski definition) is 3. The van der Waals surface area contributed by atoms with Crippen molar-refractivity contribution >= 4 is 11.3 Å². The molecule has 3 rings (SSSR count). The molecule has 2 aliphatic rings. The Labute approximate surface area is 114 Å². The number of nitrogens with two attached hydrogens (primary N) is 1. The van der Waals surface area contributed by atoms with E-state index in [9.17, 15) is 0 Å². The number of rotatable bonds is 3. The summed E-state index contributed by atoms with van der Waals surface area (Å²) in [6.45, 7) is 3.15. The van der Waals surface area contributed by atoms with Gasteiger partial charge in [-0.25, -0.2) is 0 Å². The van der Waals surface area contributed by atoms with E-state index < -0.39 is 0 Å². The lowest BCUT2D eigenvalue weighted by Gasteiger charge is -2.44. The number of piperidine rings is 1. The van der Waals surface area contributed by atoms with Gasteiger partial charge in [0, 0.05) is 28.9 Å². The molecule has 3 heteroatoms. The van der Waals surface area contributed by atoms with E-state index in [1.165, 1.54) is 54.8 Å². The molecule has 1 saturated carbocycles. The number of likely N-dealkylation sites (tertiary alicyclic amines) is 1. The van der Waals surface area contributed by atoms with Gasteiger partial charge >= 0.3 is 0 Å². The van der Waals surface area contributed by atoms with Crippen LogP contribution >= 0.6 is 11.3 Å². The summed E-state index contributed by atoms with van der Waals surface area (Å²) >= 11 is 1.90. The fourth-order valence-electron chi connectivity index (χ4n) is 3.74. The van der Waals surface area contributed by atoms with Crippen molar-refractivity contribution in [2.24, 2.45) is 11.7 Å². The normalized spacial score (nSPS) is 29.2. The SMILES string of the molecule is NCc1ccc(CN2CCCC3CCCCC32)s1. The van der Waals surface area contributed by atoms with Gasteiger partial charge in [0.25, 0.3) is 0 Å². The summed E-state index contributed by atoms with van der Waals surface area (Å²) in [5.74, 6) is 0.987. The van der Waals surface area contributed by atoms with Gasteiger partial charge in [-0.1, -0.05) is 12.8 Å². The predicted octanol–water partition coefficient (Wildman–Crippen LogP) is 3.36. The van der Waals surface area contributed by atoms with Crippen LogP contribution in [-0.4, -0.2) is 17.5 Å². The van der Waals surface area contributed by atoms with E-state index in [1.807, 2.05) is 11.3 Å². The van der Waals surface area contributed by atoms with Gasteiger partial charge in [-0.3, -0.25) is 4.90 Å². The Morgan fingerprint density at radius 3 is 2.72 bits per heavy atom. The number of nitrogens with zero attached hydrogens (tertiary/aromatic N) is 1. The fourth-order valence-corrected chi connectivity index (χ4v) is 4.66. The monoisotopic (exact) mass is 264 g/mol. The molecule has 0 bridgehead atoms. The van der Waals surface area contributed by atoms with E-state index in [0.29, 0.717) is 6.54 Å². The number of hydrogen-bond donors (Lipinski definition) is 1. The lowest BCUT2D eigenvalue weighted by Crippen LogP contribution is -2.46. The van der Waals surface area contributed by atoms with E-state index >= 15 is 0 Å². The molecule has 100 valence electrons. The van der Waals surface area contributed by atoms with Gasteiger partial charge in [0.2, 0.25) is 0 Å². The van der Waals surface area contributed by atoms with Crippen LogP contribution in [0.3, 0.4) is 0 Å². The highest BCUT2D eigenvalue weighted by atomic mass is 32.1. The average molecular weight is 264 g/mol. The molecule has 2 unspecified atom stereocenters. The van der Waals surface area contributed by atoms with Crippen molar-refractivity contribution in [2.45, 2.75) is 57.7 Å². The van der Waals surface area contributed by atoms with E-state index in [2.05, 4.69) is 17.0 Å². The Morgan fingerprint density at radius 1 is 1.11 bits per heavy atom. The van der Waals surface area contributed by atoms with Crippen LogP contribution in [0.2, 0.25) is 0 Å². The van der Waals surface area contributed by atoms with Gasteiger partial charge in [0.1, 0.15) is 0 Å². The minimum absolute atomic E-state index is 0.691. The maximum atomic E-state index is 5.70. The van der Waals surface area contributed by atoms with Gasteiger partial charge in [-0.05, 0) is 50.3 Å². The molecule has 2 atom stereocenters. The third kappa shape index (κ3) is 2.63. The molecule has 1 aromatic heterocycles. The summed E-state index contributed by atoms with van der Waals surface area (Å²) in [5, 5.41) is 0. The Hall–Kier alpha value is -0.380. The molecule has 2 nitrogen and oxygen atoms in total. The first kappa shape index (κ1) is 12.6. The second-order valence-electron chi connectivity index (χ2n) is 5.80. The van der Waals surface area contributed by atoms with Crippen molar-refractivity contribution in [3.63, 3.8) is 0 Å². The number of fused-ring (bicyclic) bond motifs is 1. The second-order valence-corrected chi connectivity index (χ2v) is 7.05. The molecule has 0 radical (unpaired) electrons. The Bertz CT molecular complexity index is 386. The molecule has 0 spiro atoms. The maximum Gasteiger partial charge on any atom is 0.0331 e. The van der Waals surface area contributed by atoms with Crippen molar-refractivity contribution in [1.29, 1.82) is 0 Å². The van der Waals surface area contributed by atoms with E-state index in [4.69, 9.17) is 5.73 Å². The van der Waals surface area contributed by atoms with Crippen molar-refractivity contribution < 1.29 is 0 Å². The lowest BCUT2D eigenvalue weighted by atomic mass is 9.78. The maximum absolute atomic E-state index is 5.70. The van der Waals surface area contributed by atoms with Gasteiger partial charge < -0.3 is 5.73 Å². The molecular formula is C15H24N2S. The van der Waals surface area contributed by atoms with Crippen molar-refractivity contribution in [3.05, 3.63) is 21.9 Å². The molecule has 1 saturated heterocycles. The highest BCUT2D eigenvalue weighted by molar-refractivity contribution is 7.11. The van der Waals surface area contributed by atoms with Crippen LogP contribution in [-0.2, 0) is 13.1 Å². The topological polar surface area (TPSA) is 29.3 Å². The van der Waals surface area contributed by atoms with Crippen molar-refractivity contribution in [1.82, 2.24) is 4.90 Å². The second kappa shape index (κ2) is 5.72. The van der Waals surface area contributed by atoms with Gasteiger partial charge in [-0.2, -0.15) is 0 Å². The third-order valence-corrected chi connectivity index (χ3v) is 5.73. The average Bonchev–Trinajstić information content (AvgIpc) is 2.87. The fraction of sp³-hybridized carbons (Fsp3) is 0.733. The lowest BCUT2D eigenvalue weighted by molar-refractivity contribution is 0.0555. The summed E-state index contributed by atoms with van der Waals surface area (Å²) in [7, 11) is 0. The summed E-state index contributed by atoms with van der Waals surface area (Å²) in [6.07, 6.45) is 8.68. The standard InChI is InChI=1S/C15H24N2S/c16-10-13-7-8-14(18-13)11-17-9-3-5-12-4-1-2-6-15(12)17/h7-8,12,15H,1-6,9-11,16H2. The molecule has 1 aromatic rings. The zero-order valence-corrected chi connectivity index (χ0v) is 11.9. The van der Waals surface area contributed by atoms with Crippen LogP contribution < -0.4 is 5.73 Å². The molecule has 2 heterocycles. The quantitative estimate of drug-likeness (QED) is 0.907. The summed E-state index contributed by atoms with van der Waals surface area (Å²) < 4.78 is 0. The summed E-state index contributed by atoms with van der Waals surface area (Å²) in [6, 6.07) is 5.35. The van der Waals surface area contributed by atoms with E-state index in [0.717, 1.165) is 18.5 Å². The molecule has 18 heavy (non-hydrogen) atoms. The van der Waals surface area contributed by atoms with Crippen molar-refractivity contribution in [2.75, 3.05) is 6.54 Å². The van der Waals surface area contributed by atoms with Crippen LogP contribution in [0, 0.1) is 5.92 Å². The van der Waals surface area contributed by atoms with E-state index in [-0.39, 0.29) is 0 Å². The minimum Gasteiger partial charge on any atom is -0.326 e. The van der Waals surface area contributed by atoms with Gasteiger partial charge in [-0.15, -0.1) is 11.3 Å². The summed E-state index contributed by atoms with van der Waals surface area (Å²) in [5.41, 5.74) is 5.70. The van der Waals surface area contributed by atoms with Crippen LogP contribution in [0.25, 0.3) is 0 Å². The molecule has 0 aromatic carbocycles. The molecule has 1 aliphatic carbocycles. The Balaban J connectivity index is 1.66. The van der Waals surface area contributed by atoms with Crippen LogP contribution in [0.4, 0.5) is 0 Å². The van der Waals surface area contributed by atoms with E-state index in [1.54, 1.807) is 0 Å². The van der Waals surface area contributed by atoms with Crippen molar-refractivity contribution in [3.8, 4) is 0 Å². The minimum atomic E-state index is 0.691. The van der Waals surface area contributed by atoms with Crippen LogP contribution in [0.5, 0.6) is 0 Å². The molecule has 1 aliphatic heterocycles. The first-order valence-electron chi connectivity index (χ1n) is 7.38. The van der Waals surface area contributed by atoms with Gasteiger partial charge in [0.05, 0.1) is 0 Å². The van der Waals surface area contributed by atoms with Crippen LogP contribution in [0.1, 0.15) is 48.3 Å². The summed E-state index contributed by atoms with van der Waals surface area (Å²) in [4.78, 5) is 5.57. The first-order valence-corrected chi connectivity index (χ1v) is 8.20. The molecule has 0 amide bonds.